The van der Waals surface area contributed by atoms with Gasteiger partial charge >= 0.3 is 18.2 Å². The van der Waals surface area contributed by atoms with E-state index in [1.54, 1.807) is 59.7 Å². The van der Waals surface area contributed by atoms with E-state index in [0.29, 0.717) is 18.4 Å². The van der Waals surface area contributed by atoms with Crippen LogP contribution in [-0.2, 0) is 27.1 Å². The Morgan fingerprint density at radius 2 is 1.48 bits per heavy atom. The molecule has 0 spiro atoms. The van der Waals surface area contributed by atoms with Gasteiger partial charge in [-0.3, -0.25) is 20.4 Å². The molecule has 0 saturated carbocycles. The highest BCUT2D eigenvalue weighted by Crippen LogP contribution is 2.26. The second-order valence-corrected chi connectivity index (χ2v) is 14.3. The molecule has 4 N–H and O–H groups in total. The van der Waals surface area contributed by atoms with E-state index in [1.807, 2.05) is 17.5 Å². The van der Waals surface area contributed by atoms with Crippen LogP contribution in [-0.4, -0.2) is 63.9 Å². The number of aliphatic carboxylic acids is 1. The van der Waals surface area contributed by atoms with E-state index in [-0.39, 0.29) is 34.5 Å². The highest BCUT2D eigenvalue weighted by molar-refractivity contribution is 7.13. The van der Waals surface area contributed by atoms with E-state index >= 15 is 0 Å². The summed E-state index contributed by atoms with van der Waals surface area (Å²) in [6.07, 6.45) is -0.338. The topological polar surface area (TPSA) is 168 Å². The van der Waals surface area contributed by atoms with Crippen LogP contribution in [0.2, 0.25) is 10.0 Å². The average molecular weight is 721 g/mol. The summed E-state index contributed by atoms with van der Waals surface area (Å²) in [5, 5.41) is 20.1. The third kappa shape index (κ3) is 12.8. The number of thiazole rings is 1. The molecular weight excluding hydrogens is 681 g/mol. The van der Waals surface area contributed by atoms with Crippen LogP contribution in [0.15, 0.2) is 52.8 Å². The molecule has 3 aromatic rings. The van der Waals surface area contributed by atoms with Gasteiger partial charge in [-0.05, 0) is 72.1 Å². The van der Waals surface area contributed by atoms with Crippen LogP contribution in [0.4, 0.5) is 9.59 Å². The minimum Gasteiger partial charge on any atom is -0.480 e. The second-order valence-electron chi connectivity index (χ2n) is 12.6. The summed E-state index contributed by atoms with van der Waals surface area (Å²) in [6, 6.07) is 10.6. The number of hydrogen-bond donors (Lipinski definition) is 4. The van der Waals surface area contributed by atoms with Gasteiger partial charge in [0.2, 0.25) is 5.96 Å². The fourth-order valence-electron chi connectivity index (χ4n) is 4.08. The van der Waals surface area contributed by atoms with Crippen molar-refractivity contribution in [2.75, 3.05) is 6.54 Å². The SMILES string of the molecule is CC(C)(C)OC(=O)NC(=NCCCc1csc(-c2ccc(C[C@H](NC(=O)c3c(Cl)cccc3Cl)C(=O)O)cc2)n1)NC(=O)OC(C)(C)C. The van der Waals surface area contributed by atoms with E-state index in [1.165, 1.54) is 23.5 Å². The van der Waals surface area contributed by atoms with Crippen molar-refractivity contribution >= 4 is 64.6 Å². The molecule has 0 aliphatic rings. The maximum Gasteiger partial charge on any atom is 0.414 e. The molecule has 3 rings (SSSR count). The lowest BCUT2D eigenvalue weighted by Crippen LogP contribution is -2.47. The van der Waals surface area contributed by atoms with E-state index in [2.05, 4.69) is 20.9 Å². The Labute approximate surface area is 293 Å². The van der Waals surface area contributed by atoms with E-state index in [0.717, 1.165) is 16.3 Å². The summed E-state index contributed by atoms with van der Waals surface area (Å²) >= 11 is 13.7. The molecule has 258 valence electrons. The van der Waals surface area contributed by atoms with Gasteiger partial charge in [0, 0.05) is 23.9 Å². The average Bonchev–Trinajstić information content (AvgIpc) is 3.42. The maximum atomic E-state index is 12.7. The van der Waals surface area contributed by atoms with E-state index in [4.69, 9.17) is 37.7 Å². The van der Waals surface area contributed by atoms with Gasteiger partial charge in [-0.2, -0.15) is 0 Å². The first-order valence-electron chi connectivity index (χ1n) is 15.0. The summed E-state index contributed by atoms with van der Waals surface area (Å²) in [4.78, 5) is 58.2. The number of aromatic nitrogens is 1. The number of ether oxygens (including phenoxy) is 2. The summed E-state index contributed by atoms with van der Waals surface area (Å²) < 4.78 is 10.5. The van der Waals surface area contributed by atoms with Crippen molar-refractivity contribution in [3.63, 3.8) is 0 Å². The Morgan fingerprint density at radius 3 is 2.00 bits per heavy atom. The van der Waals surface area contributed by atoms with E-state index in [9.17, 15) is 24.3 Å². The van der Waals surface area contributed by atoms with Crippen molar-refractivity contribution < 1.29 is 33.8 Å². The third-order valence-electron chi connectivity index (χ3n) is 6.09. The van der Waals surface area contributed by atoms with Gasteiger partial charge in [-0.25, -0.2) is 19.4 Å². The minimum absolute atomic E-state index is 0.0178. The molecule has 2 aromatic carbocycles. The number of amides is 3. The Balaban J connectivity index is 1.59. The molecule has 0 bridgehead atoms. The molecule has 12 nitrogen and oxygen atoms in total. The van der Waals surface area contributed by atoms with Crippen LogP contribution < -0.4 is 16.0 Å². The Bertz CT molecular complexity index is 1590. The first-order valence-corrected chi connectivity index (χ1v) is 16.6. The number of carbonyl (C=O) groups is 4. The van der Waals surface area contributed by atoms with E-state index < -0.39 is 41.3 Å². The van der Waals surface area contributed by atoms with Crippen LogP contribution >= 0.6 is 34.5 Å². The molecule has 0 unspecified atom stereocenters. The molecule has 0 aliphatic carbocycles. The fourth-order valence-corrected chi connectivity index (χ4v) is 5.51. The largest absolute Gasteiger partial charge is 0.480 e. The number of nitrogens with one attached hydrogen (secondary N) is 3. The molecule has 1 atom stereocenters. The second kappa shape index (κ2) is 16.8. The molecule has 0 aliphatic heterocycles. The summed E-state index contributed by atoms with van der Waals surface area (Å²) in [6.45, 7) is 10.6. The summed E-state index contributed by atoms with van der Waals surface area (Å²) in [7, 11) is 0. The number of alkyl carbamates (subject to hydrolysis) is 2. The van der Waals surface area contributed by atoms with Gasteiger partial charge in [-0.15, -0.1) is 11.3 Å². The number of halogens is 2. The number of carbonyl (C=O) groups excluding carboxylic acids is 3. The number of rotatable bonds is 10. The first-order chi connectivity index (χ1) is 22.4. The van der Waals surface area contributed by atoms with Crippen LogP contribution in [0.3, 0.4) is 0 Å². The smallest absolute Gasteiger partial charge is 0.414 e. The number of guanidine groups is 1. The number of carboxylic acid groups (broad SMARTS) is 1. The quantitative estimate of drug-likeness (QED) is 0.0999. The molecule has 1 heterocycles. The third-order valence-corrected chi connectivity index (χ3v) is 7.66. The predicted octanol–water partition coefficient (Wildman–Crippen LogP) is 6.88. The summed E-state index contributed by atoms with van der Waals surface area (Å²) in [5.74, 6) is -1.96. The molecule has 0 fully saturated rings. The standard InChI is InChI=1S/C33H39Cl2N5O7S/c1-32(2,3)46-30(44)39-29(40-31(45)47-33(4,5)6)36-16-8-9-21-18-48-27(37-21)20-14-12-19(13-15-20)17-24(28(42)43)38-26(41)25-22(34)10-7-11-23(25)35/h7,10-15,18,24H,8-9,16-17H2,1-6H3,(H,38,41)(H,42,43)(H2,36,39,40,44,45)/t24-/m0/s1. The van der Waals surface area contributed by atoms with Gasteiger partial charge in [-0.1, -0.05) is 53.5 Å². The van der Waals surface area contributed by atoms with Crippen LogP contribution in [0, 0.1) is 0 Å². The van der Waals surface area contributed by atoms with Gasteiger partial charge in [0.1, 0.15) is 22.3 Å². The number of nitrogens with zero attached hydrogens (tertiary/aromatic N) is 2. The minimum atomic E-state index is -1.20. The summed E-state index contributed by atoms with van der Waals surface area (Å²) in [5.41, 5.74) is 0.913. The Kier molecular flexibility index (Phi) is 13.4. The molecular formula is C33H39Cl2N5O7S. The maximum absolute atomic E-state index is 12.7. The highest BCUT2D eigenvalue weighted by Gasteiger charge is 2.24. The molecule has 0 saturated heterocycles. The molecule has 3 amide bonds. The zero-order valence-electron chi connectivity index (χ0n) is 27.5. The van der Waals surface area contributed by atoms with Gasteiger partial charge in [0.05, 0.1) is 21.3 Å². The number of benzene rings is 2. The number of carboxylic acids is 1. The lowest BCUT2D eigenvalue weighted by atomic mass is 10.0. The van der Waals surface area contributed by atoms with Crippen molar-refractivity contribution in [2.24, 2.45) is 4.99 Å². The monoisotopic (exact) mass is 719 g/mol. The Morgan fingerprint density at radius 1 is 0.917 bits per heavy atom. The van der Waals surface area contributed by atoms with Gasteiger partial charge in [0.15, 0.2) is 0 Å². The van der Waals surface area contributed by atoms with Crippen LogP contribution in [0.25, 0.3) is 10.6 Å². The number of aryl methyl sites for hydroxylation is 1. The van der Waals surface area contributed by atoms with Crippen molar-refractivity contribution in [2.45, 2.75) is 78.0 Å². The van der Waals surface area contributed by atoms with Crippen molar-refractivity contribution in [3.05, 3.63) is 74.7 Å². The van der Waals surface area contributed by atoms with Crippen molar-refractivity contribution in [1.82, 2.24) is 20.9 Å². The highest BCUT2D eigenvalue weighted by atomic mass is 35.5. The van der Waals surface area contributed by atoms with Crippen LogP contribution in [0.5, 0.6) is 0 Å². The van der Waals surface area contributed by atoms with Crippen molar-refractivity contribution in [3.8, 4) is 10.6 Å². The zero-order valence-corrected chi connectivity index (χ0v) is 29.8. The predicted molar refractivity (Wildman–Crippen MR) is 186 cm³/mol. The zero-order chi connectivity index (χ0) is 35.6. The Hall–Kier alpha value is -4.20. The molecule has 0 radical (unpaired) electrons. The number of hydrogen-bond acceptors (Lipinski definition) is 9. The van der Waals surface area contributed by atoms with Crippen molar-refractivity contribution in [1.29, 1.82) is 0 Å². The molecule has 48 heavy (non-hydrogen) atoms. The first kappa shape index (κ1) is 38.2. The lowest BCUT2D eigenvalue weighted by Gasteiger charge is -2.22. The molecule has 1 aromatic heterocycles. The number of aliphatic imine (C=N–C) groups is 1. The lowest BCUT2D eigenvalue weighted by molar-refractivity contribution is -0.139. The molecule has 15 heteroatoms. The normalized spacial score (nSPS) is 12.0. The van der Waals surface area contributed by atoms with Gasteiger partial charge in [0.25, 0.3) is 5.91 Å². The fraction of sp³-hybridized carbons (Fsp3) is 0.394. The van der Waals surface area contributed by atoms with Crippen LogP contribution in [0.1, 0.15) is 69.6 Å². The van der Waals surface area contributed by atoms with Gasteiger partial charge < -0.3 is 19.9 Å².